The average Bonchev–Trinajstić information content (AvgIpc) is 2.68. The van der Waals surface area contributed by atoms with E-state index >= 15 is 0 Å². The van der Waals surface area contributed by atoms with Crippen LogP contribution in [0.4, 0.5) is 5.69 Å². The summed E-state index contributed by atoms with van der Waals surface area (Å²) in [6.07, 6.45) is 1.06. The first-order valence-electron chi connectivity index (χ1n) is 8.94. The van der Waals surface area contributed by atoms with Crippen molar-refractivity contribution >= 4 is 22.5 Å². The Hall–Kier alpha value is -3.22. The molecule has 1 heterocycles. The van der Waals surface area contributed by atoms with E-state index in [1.807, 2.05) is 32.0 Å². The number of aromatic nitrogens is 3. The van der Waals surface area contributed by atoms with Crippen molar-refractivity contribution in [1.29, 1.82) is 0 Å². The third-order valence-electron chi connectivity index (χ3n) is 4.12. The lowest BCUT2D eigenvalue weighted by Crippen LogP contribution is -2.26. The smallest absolute Gasteiger partial charge is 0.277 e. The second-order valence-corrected chi connectivity index (χ2v) is 6.26. The molecule has 0 unspecified atom stereocenters. The fraction of sp³-hybridized carbons (Fsp3) is 0.300. The highest BCUT2D eigenvalue weighted by atomic mass is 16.5. The summed E-state index contributed by atoms with van der Waals surface area (Å²) in [5, 5.41) is 11.3. The van der Waals surface area contributed by atoms with Gasteiger partial charge in [0.2, 0.25) is 5.91 Å². The molecule has 1 aromatic heterocycles. The Morgan fingerprint density at radius 2 is 2.04 bits per heavy atom. The second kappa shape index (κ2) is 8.44. The predicted molar refractivity (Wildman–Crippen MR) is 104 cm³/mol. The van der Waals surface area contributed by atoms with E-state index < -0.39 is 0 Å². The maximum Gasteiger partial charge on any atom is 0.277 e. The van der Waals surface area contributed by atoms with E-state index in [1.165, 1.54) is 4.68 Å². The monoisotopic (exact) mass is 366 g/mol. The second-order valence-electron chi connectivity index (χ2n) is 6.26. The highest BCUT2D eigenvalue weighted by molar-refractivity contribution is 5.91. The number of anilines is 1. The lowest BCUT2D eigenvalue weighted by atomic mass is 10.2. The van der Waals surface area contributed by atoms with Gasteiger partial charge in [0.15, 0.2) is 0 Å². The van der Waals surface area contributed by atoms with Crippen molar-refractivity contribution in [3.63, 3.8) is 0 Å². The summed E-state index contributed by atoms with van der Waals surface area (Å²) in [5.41, 5.74) is 1.94. The van der Waals surface area contributed by atoms with Gasteiger partial charge >= 0.3 is 0 Å². The summed E-state index contributed by atoms with van der Waals surface area (Å²) < 4.78 is 6.80. The molecule has 0 spiro atoms. The van der Waals surface area contributed by atoms with Crippen LogP contribution in [-0.2, 0) is 11.3 Å². The number of fused-ring (bicyclic) bond motifs is 1. The van der Waals surface area contributed by atoms with E-state index in [1.54, 1.807) is 24.3 Å². The number of hydrogen-bond acceptors (Lipinski definition) is 5. The van der Waals surface area contributed by atoms with Gasteiger partial charge in [-0.25, -0.2) is 4.68 Å². The van der Waals surface area contributed by atoms with Gasteiger partial charge in [-0.2, -0.15) is 0 Å². The molecule has 7 nitrogen and oxygen atoms in total. The molecule has 1 N–H and O–H groups in total. The minimum atomic E-state index is -0.248. The topological polar surface area (TPSA) is 86.1 Å². The fourth-order valence-corrected chi connectivity index (χ4v) is 2.68. The number of carbonyl (C=O) groups excluding carboxylic acids is 1. The number of nitrogens with zero attached hydrogens (tertiary/aromatic N) is 3. The van der Waals surface area contributed by atoms with E-state index in [9.17, 15) is 9.59 Å². The van der Waals surface area contributed by atoms with Crippen molar-refractivity contribution < 1.29 is 9.53 Å². The van der Waals surface area contributed by atoms with Gasteiger partial charge in [0.25, 0.3) is 5.56 Å². The van der Waals surface area contributed by atoms with Crippen LogP contribution in [0.25, 0.3) is 10.9 Å². The first kappa shape index (κ1) is 18.6. The Labute approximate surface area is 157 Å². The molecule has 1 amide bonds. The van der Waals surface area contributed by atoms with E-state index in [0.29, 0.717) is 17.5 Å². The van der Waals surface area contributed by atoms with Gasteiger partial charge in [-0.15, -0.1) is 5.10 Å². The lowest BCUT2D eigenvalue weighted by molar-refractivity contribution is -0.116. The van der Waals surface area contributed by atoms with Crippen LogP contribution in [0.5, 0.6) is 5.75 Å². The highest BCUT2D eigenvalue weighted by Crippen LogP contribution is 2.21. The number of carbonyl (C=O) groups is 1. The van der Waals surface area contributed by atoms with Gasteiger partial charge in [0.1, 0.15) is 11.3 Å². The van der Waals surface area contributed by atoms with Crippen LogP contribution in [0.2, 0.25) is 0 Å². The Bertz CT molecular complexity index is 1010. The molecule has 3 aromatic rings. The van der Waals surface area contributed by atoms with Gasteiger partial charge in [-0.1, -0.05) is 24.3 Å². The van der Waals surface area contributed by atoms with E-state index in [-0.39, 0.29) is 24.4 Å². The van der Waals surface area contributed by atoms with Crippen molar-refractivity contribution in [1.82, 2.24) is 15.0 Å². The van der Waals surface area contributed by atoms with Crippen molar-refractivity contribution in [2.24, 2.45) is 0 Å². The molecule has 0 aliphatic rings. The Kier molecular flexibility index (Phi) is 5.80. The maximum atomic E-state index is 12.4. The van der Waals surface area contributed by atoms with Crippen LogP contribution in [0.3, 0.4) is 0 Å². The Morgan fingerprint density at radius 1 is 1.22 bits per heavy atom. The van der Waals surface area contributed by atoms with Crippen LogP contribution < -0.4 is 15.6 Å². The molecule has 0 fully saturated rings. The number of rotatable bonds is 7. The summed E-state index contributed by atoms with van der Waals surface area (Å²) in [5.74, 6) is 0.590. The molecule has 0 atom stereocenters. The average molecular weight is 366 g/mol. The highest BCUT2D eigenvalue weighted by Gasteiger charge is 2.09. The summed E-state index contributed by atoms with van der Waals surface area (Å²) in [6.45, 7) is 4.78. The van der Waals surface area contributed by atoms with Crippen molar-refractivity contribution in [2.75, 3.05) is 11.9 Å². The summed E-state index contributed by atoms with van der Waals surface area (Å²) in [4.78, 5) is 24.7. The molecule has 7 heteroatoms. The predicted octanol–water partition coefficient (Wildman–Crippen LogP) is 2.92. The van der Waals surface area contributed by atoms with Crippen LogP contribution in [0, 0.1) is 6.92 Å². The number of ether oxygens (including phenoxy) is 1. The minimum absolute atomic E-state index is 0.125. The third kappa shape index (κ3) is 4.49. The molecule has 0 saturated heterocycles. The van der Waals surface area contributed by atoms with Gasteiger partial charge in [-0.05, 0) is 49.2 Å². The Balaban J connectivity index is 1.63. The number of amides is 1. The van der Waals surface area contributed by atoms with Crippen LogP contribution in [0.1, 0.15) is 25.3 Å². The Morgan fingerprint density at radius 3 is 2.81 bits per heavy atom. The first-order chi connectivity index (χ1) is 13.1. The normalized spacial score (nSPS) is 10.7. The first-order valence-corrected chi connectivity index (χ1v) is 8.94. The van der Waals surface area contributed by atoms with E-state index in [0.717, 1.165) is 23.4 Å². The molecule has 0 aliphatic carbocycles. The molecule has 2 aromatic carbocycles. The molecular formula is C20H22N4O3. The lowest BCUT2D eigenvalue weighted by Gasteiger charge is -2.11. The summed E-state index contributed by atoms with van der Waals surface area (Å²) in [7, 11) is 0. The minimum Gasteiger partial charge on any atom is -0.494 e. The van der Waals surface area contributed by atoms with Crippen LogP contribution in [0.15, 0.2) is 47.3 Å². The standard InChI is InChI=1S/C20H22N4O3/c1-3-12-27-15-8-9-17(14(2)13-15)21-19(25)10-11-24-20(26)16-6-4-5-7-18(16)22-23-24/h4-9,13H,3,10-12H2,1-2H3,(H,21,25). The third-order valence-corrected chi connectivity index (χ3v) is 4.12. The van der Waals surface area contributed by atoms with E-state index in [4.69, 9.17) is 4.74 Å². The van der Waals surface area contributed by atoms with Crippen molar-refractivity contribution in [3.8, 4) is 5.75 Å². The van der Waals surface area contributed by atoms with E-state index in [2.05, 4.69) is 15.6 Å². The number of aryl methyl sites for hydroxylation is 2. The molecule has 3 rings (SSSR count). The zero-order valence-electron chi connectivity index (χ0n) is 15.4. The molecular weight excluding hydrogens is 344 g/mol. The van der Waals surface area contributed by atoms with Crippen molar-refractivity contribution in [3.05, 3.63) is 58.4 Å². The van der Waals surface area contributed by atoms with Gasteiger partial charge in [-0.3, -0.25) is 9.59 Å². The zero-order chi connectivity index (χ0) is 19.2. The molecule has 0 aliphatic heterocycles. The molecule has 0 saturated carbocycles. The molecule has 0 radical (unpaired) electrons. The van der Waals surface area contributed by atoms with Gasteiger partial charge < -0.3 is 10.1 Å². The zero-order valence-corrected chi connectivity index (χ0v) is 15.4. The van der Waals surface area contributed by atoms with Crippen LogP contribution >= 0.6 is 0 Å². The van der Waals surface area contributed by atoms with Gasteiger partial charge in [0, 0.05) is 12.1 Å². The fourth-order valence-electron chi connectivity index (χ4n) is 2.68. The quantitative estimate of drug-likeness (QED) is 0.695. The molecule has 140 valence electrons. The SMILES string of the molecule is CCCOc1ccc(NC(=O)CCn2nnc3ccccc3c2=O)c(C)c1. The largest absolute Gasteiger partial charge is 0.494 e. The van der Waals surface area contributed by atoms with Gasteiger partial charge in [0.05, 0.1) is 18.5 Å². The summed E-state index contributed by atoms with van der Waals surface area (Å²) in [6, 6.07) is 12.6. The number of hydrogen-bond donors (Lipinski definition) is 1. The molecule has 0 bridgehead atoms. The summed E-state index contributed by atoms with van der Waals surface area (Å²) >= 11 is 0. The molecule has 27 heavy (non-hydrogen) atoms. The number of benzene rings is 2. The van der Waals surface area contributed by atoms with Crippen LogP contribution in [-0.4, -0.2) is 27.5 Å². The van der Waals surface area contributed by atoms with Crippen molar-refractivity contribution in [2.45, 2.75) is 33.2 Å². The maximum absolute atomic E-state index is 12.4. The number of nitrogens with one attached hydrogen (secondary N) is 1.